The Bertz CT molecular complexity index is 1290. The van der Waals surface area contributed by atoms with Crippen LogP contribution in [0.4, 0.5) is 4.39 Å². The van der Waals surface area contributed by atoms with Gasteiger partial charge in [0.15, 0.2) is 0 Å². The number of methoxy groups -OCH3 is 1. The van der Waals surface area contributed by atoms with E-state index >= 15 is 0 Å². The fraction of sp³-hybridized carbons (Fsp3) is 0.259. The number of aliphatic hydroxyl groups excluding tert-OH is 1. The number of aliphatic hydroxyl groups is 1. The highest BCUT2D eigenvalue weighted by atomic mass is 19.1. The molecule has 4 rings (SSSR count). The fourth-order valence-corrected chi connectivity index (χ4v) is 4.08. The summed E-state index contributed by atoms with van der Waals surface area (Å²) in [5.74, 6) is 0.509. The van der Waals surface area contributed by atoms with Gasteiger partial charge in [-0.1, -0.05) is 25.5 Å². The van der Waals surface area contributed by atoms with Gasteiger partial charge in [0, 0.05) is 5.39 Å². The third-order valence-electron chi connectivity index (χ3n) is 5.75. The summed E-state index contributed by atoms with van der Waals surface area (Å²) in [5, 5.41) is 17.5. The van der Waals surface area contributed by atoms with Crippen molar-refractivity contribution in [1.82, 2.24) is 15.1 Å². The number of nitrogens with zero attached hydrogens (tertiary/aromatic N) is 2. The number of aromatic nitrogens is 2. The van der Waals surface area contributed by atoms with Crippen molar-refractivity contribution in [2.75, 3.05) is 13.7 Å². The third-order valence-corrected chi connectivity index (χ3v) is 5.75. The van der Waals surface area contributed by atoms with Crippen molar-refractivity contribution >= 4 is 16.8 Å². The lowest BCUT2D eigenvalue weighted by Gasteiger charge is -2.29. The Hall–Kier alpha value is -3.91. The molecule has 0 aliphatic heterocycles. The van der Waals surface area contributed by atoms with Crippen LogP contribution in [0.25, 0.3) is 16.6 Å². The van der Waals surface area contributed by atoms with Crippen LogP contribution in [0.3, 0.4) is 0 Å². The minimum absolute atomic E-state index is 0.306. The molecule has 0 radical (unpaired) electrons. The lowest BCUT2D eigenvalue weighted by molar-refractivity contribution is -0.125. The molecule has 0 saturated carbocycles. The van der Waals surface area contributed by atoms with Gasteiger partial charge in [0.2, 0.25) is 5.91 Å². The first-order valence-electron chi connectivity index (χ1n) is 11.5. The highest BCUT2D eigenvalue weighted by molar-refractivity contribution is 5.81. The Kier molecular flexibility index (Phi) is 7.62. The van der Waals surface area contributed by atoms with Crippen LogP contribution < -0.4 is 14.8 Å². The molecule has 4 aromatic rings. The van der Waals surface area contributed by atoms with Gasteiger partial charge in [-0.15, -0.1) is 0 Å². The predicted molar refractivity (Wildman–Crippen MR) is 131 cm³/mol. The molecule has 35 heavy (non-hydrogen) atoms. The van der Waals surface area contributed by atoms with Crippen LogP contribution >= 0.6 is 0 Å². The number of fused-ring (bicyclic) bond motifs is 1. The number of hydrogen-bond acceptors (Lipinski definition) is 5. The predicted octanol–water partition coefficient (Wildman–Crippen LogP) is 4.57. The first kappa shape index (κ1) is 24.2. The van der Waals surface area contributed by atoms with Crippen LogP contribution in [-0.2, 0) is 4.79 Å². The van der Waals surface area contributed by atoms with Gasteiger partial charge in [0.25, 0.3) is 0 Å². The smallest absolute Gasteiger partial charge is 0.246 e. The molecule has 1 aromatic heterocycles. The SMILES string of the molecule is CCC[C@H](NC(=O)CO)[C@@H](Oc1ccc2c(cnn2-c2ccc(F)cc2)c1)c1cccc(OC)c1. The van der Waals surface area contributed by atoms with Gasteiger partial charge in [-0.3, -0.25) is 4.79 Å². The van der Waals surface area contributed by atoms with Crippen molar-refractivity contribution in [3.63, 3.8) is 0 Å². The van der Waals surface area contributed by atoms with E-state index in [9.17, 15) is 14.3 Å². The second-order valence-electron chi connectivity index (χ2n) is 8.19. The average molecular weight is 478 g/mol. The first-order valence-corrected chi connectivity index (χ1v) is 11.5. The molecule has 3 aromatic carbocycles. The van der Waals surface area contributed by atoms with Crippen LogP contribution in [-0.4, -0.2) is 40.6 Å². The molecule has 2 N–H and O–H groups in total. The van der Waals surface area contributed by atoms with Crippen LogP contribution in [0.1, 0.15) is 31.4 Å². The fourth-order valence-electron chi connectivity index (χ4n) is 4.08. The molecule has 0 unspecified atom stereocenters. The molecule has 0 saturated heterocycles. The van der Waals surface area contributed by atoms with Gasteiger partial charge in [0.1, 0.15) is 30.0 Å². The highest BCUT2D eigenvalue weighted by Crippen LogP contribution is 2.31. The molecule has 8 heteroatoms. The number of rotatable bonds is 10. The number of ether oxygens (including phenoxy) is 2. The van der Waals surface area contributed by atoms with Gasteiger partial charge in [-0.2, -0.15) is 5.10 Å². The molecular weight excluding hydrogens is 449 g/mol. The number of benzene rings is 3. The molecule has 1 heterocycles. The second-order valence-corrected chi connectivity index (χ2v) is 8.19. The summed E-state index contributed by atoms with van der Waals surface area (Å²) in [6, 6.07) is 18.9. The largest absolute Gasteiger partial charge is 0.497 e. The zero-order valence-electron chi connectivity index (χ0n) is 19.6. The van der Waals surface area contributed by atoms with Gasteiger partial charge < -0.3 is 19.9 Å². The van der Waals surface area contributed by atoms with Crippen LogP contribution in [0.5, 0.6) is 11.5 Å². The summed E-state index contributed by atoms with van der Waals surface area (Å²) in [4.78, 5) is 12.1. The Balaban J connectivity index is 1.69. The molecule has 0 aliphatic carbocycles. The number of carbonyl (C=O) groups is 1. The summed E-state index contributed by atoms with van der Waals surface area (Å²) < 4.78 is 26.9. The lowest BCUT2D eigenvalue weighted by atomic mass is 9.97. The third kappa shape index (κ3) is 5.60. The van der Waals surface area contributed by atoms with Gasteiger partial charge in [-0.25, -0.2) is 9.07 Å². The molecule has 7 nitrogen and oxygen atoms in total. The van der Waals surface area contributed by atoms with Crippen molar-refractivity contribution in [3.8, 4) is 17.2 Å². The van der Waals surface area contributed by atoms with Gasteiger partial charge in [0.05, 0.1) is 30.6 Å². The summed E-state index contributed by atoms with van der Waals surface area (Å²) >= 11 is 0. The number of nitrogens with one attached hydrogen (secondary N) is 1. The number of halogens is 1. The van der Waals surface area contributed by atoms with Crippen molar-refractivity contribution in [2.45, 2.75) is 31.9 Å². The molecule has 2 atom stereocenters. The Labute approximate surface area is 203 Å². The Morgan fingerprint density at radius 3 is 2.63 bits per heavy atom. The van der Waals surface area contributed by atoms with E-state index in [1.807, 2.05) is 49.4 Å². The van der Waals surface area contributed by atoms with E-state index in [-0.39, 0.29) is 11.9 Å². The number of amides is 1. The molecule has 182 valence electrons. The monoisotopic (exact) mass is 477 g/mol. The normalized spacial score (nSPS) is 12.8. The van der Waals surface area contributed by atoms with Crippen molar-refractivity contribution in [1.29, 1.82) is 0 Å². The number of carbonyl (C=O) groups excluding carboxylic acids is 1. The van der Waals surface area contributed by atoms with E-state index in [4.69, 9.17) is 9.47 Å². The van der Waals surface area contributed by atoms with E-state index in [0.717, 1.165) is 28.6 Å². The van der Waals surface area contributed by atoms with E-state index < -0.39 is 18.6 Å². The van der Waals surface area contributed by atoms with Crippen molar-refractivity contribution in [2.24, 2.45) is 0 Å². The van der Waals surface area contributed by atoms with Crippen molar-refractivity contribution < 1.29 is 23.8 Å². The van der Waals surface area contributed by atoms with Crippen LogP contribution in [0, 0.1) is 5.82 Å². The van der Waals surface area contributed by atoms with E-state index in [0.29, 0.717) is 17.9 Å². The summed E-state index contributed by atoms with van der Waals surface area (Å²) in [6.07, 6.45) is 2.66. The minimum atomic E-state index is -0.598. The zero-order valence-corrected chi connectivity index (χ0v) is 19.6. The Morgan fingerprint density at radius 2 is 1.91 bits per heavy atom. The summed E-state index contributed by atoms with van der Waals surface area (Å²) in [5.41, 5.74) is 2.43. The molecule has 0 spiro atoms. The van der Waals surface area contributed by atoms with Gasteiger partial charge in [-0.05, 0) is 66.6 Å². The van der Waals surface area contributed by atoms with Crippen molar-refractivity contribution in [3.05, 3.63) is 84.3 Å². The maximum Gasteiger partial charge on any atom is 0.246 e. The first-order chi connectivity index (χ1) is 17.0. The summed E-state index contributed by atoms with van der Waals surface area (Å²) in [7, 11) is 1.60. The second kappa shape index (κ2) is 11.0. The average Bonchev–Trinajstić information content (AvgIpc) is 3.30. The summed E-state index contributed by atoms with van der Waals surface area (Å²) in [6.45, 7) is 1.43. The van der Waals surface area contributed by atoms with E-state index in [2.05, 4.69) is 10.4 Å². The number of hydrogen-bond donors (Lipinski definition) is 2. The quantitative estimate of drug-likeness (QED) is 0.350. The minimum Gasteiger partial charge on any atom is -0.497 e. The molecule has 0 bridgehead atoms. The molecular formula is C27H28FN3O4. The zero-order chi connectivity index (χ0) is 24.8. The maximum absolute atomic E-state index is 13.3. The molecule has 1 amide bonds. The topological polar surface area (TPSA) is 85.6 Å². The molecule has 0 aliphatic rings. The van der Waals surface area contributed by atoms with E-state index in [1.165, 1.54) is 12.1 Å². The maximum atomic E-state index is 13.3. The lowest BCUT2D eigenvalue weighted by Crippen LogP contribution is -2.42. The highest BCUT2D eigenvalue weighted by Gasteiger charge is 2.27. The van der Waals surface area contributed by atoms with Gasteiger partial charge >= 0.3 is 0 Å². The van der Waals surface area contributed by atoms with E-state index in [1.54, 1.807) is 30.1 Å². The standard InChI is InChI=1S/C27H28FN3O4/c1-3-5-24(30-26(33)17-32)27(18-6-4-7-22(14-18)34-2)35-23-12-13-25-19(15-23)16-29-31(25)21-10-8-20(28)9-11-21/h4,6-16,24,27,32H,3,5,17H2,1-2H3,(H,30,33)/t24-,27-/m0/s1. The van der Waals surface area contributed by atoms with Crippen LogP contribution in [0.15, 0.2) is 72.9 Å². The van der Waals surface area contributed by atoms with Crippen LogP contribution in [0.2, 0.25) is 0 Å². The molecule has 0 fully saturated rings. The Morgan fingerprint density at radius 1 is 1.11 bits per heavy atom.